The molecule has 1 aliphatic carbocycles. The highest BCUT2D eigenvalue weighted by molar-refractivity contribution is 5.73. The Morgan fingerprint density at radius 2 is 1.33 bits per heavy atom. The average molecular weight is 443 g/mol. The van der Waals surface area contributed by atoms with Gasteiger partial charge in [-0.1, -0.05) is 119 Å². The third kappa shape index (κ3) is 6.14. The van der Waals surface area contributed by atoms with Crippen molar-refractivity contribution in [1.29, 1.82) is 0 Å². The lowest BCUT2D eigenvalue weighted by molar-refractivity contribution is 0.252. The maximum atomic E-state index is 15.3. The quantitative estimate of drug-likeness (QED) is 0.309. The van der Waals surface area contributed by atoms with Crippen LogP contribution in [0.2, 0.25) is 0 Å². The van der Waals surface area contributed by atoms with Crippen LogP contribution in [0.25, 0.3) is 22.3 Å². The van der Waals surface area contributed by atoms with Crippen molar-refractivity contribution in [3.8, 4) is 22.3 Å². The van der Waals surface area contributed by atoms with Gasteiger partial charge in [-0.05, 0) is 65.0 Å². The lowest BCUT2D eigenvalue weighted by Crippen LogP contribution is -2.15. The van der Waals surface area contributed by atoms with Crippen LogP contribution < -0.4 is 0 Å². The summed E-state index contributed by atoms with van der Waals surface area (Å²) in [6.45, 7) is 4.50. The van der Waals surface area contributed by atoms with Gasteiger partial charge in [-0.2, -0.15) is 0 Å². The molecule has 3 aromatic rings. The van der Waals surface area contributed by atoms with Crippen molar-refractivity contribution in [2.24, 2.45) is 11.8 Å². The summed E-state index contributed by atoms with van der Waals surface area (Å²) in [6, 6.07) is 22.7. The Labute approximate surface area is 200 Å². The zero-order valence-electron chi connectivity index (χ0n) is 20.5. The zero-order valence-corrected chi connectivity index (χ0v) is 20.5. The molecule has 0 amide bonds. The van der Waals surface area contributed by atoms with E-state index in [0.29, 0.717) is 0 Å². The molecular formula is C32H39F. The molecule has 4 rings (SSSR count). The van der Waals surface area contributed by atoms with Crippen LogP contribution in [-0.4, -0.2) is 0 Å². The van der Waals surface area contributed by atoms with Crippen molar-refractivity contribution < 1.29 is 4.39 Å². The second-order valence-corrected chi connectivity index (χ2v) is 10.0. The van der Waals surface area contributed by atoms with Crippen LogP contribution in [-0.2, 0) is 12.8 Å². The summed E-state index contributed by atoms with van der Waals surface area (Å²) in [5.41, 5.74) is 6.42. The topological polar surface area (TPSA) is 0 Å². The van der Waals surface area contributed by atoms with Gasteiger partial charge in [-0.3, -0.25) is 0 Å². The maximum Gasteiger partial charge on any atom is 0.131 e. The Kier molecular flexibility index (Phi) is 8.37. The summed E-state index contributed by atoms with van der Waals surface area (Å²) in [7, 11) is 0. The fourth-order valence-electron chi connectivity index (χ4n) is 5.64. The normalized spacial score (nSPS) is 18.4. The van der Waals surface area contributed by atoms with Gasteiger partial charge in [0.15, 0.2) is 0 Å². The van der Waals surface area contributed by atoms with Gasteiger partial charge in [-0.15, -0.1) is 0 Å². The Bertz CT molecular complexity index is 1010. The molecule has 33 heavy (non-hydrogen) atoms. The predicted octanol–water partition coefficient (Wildman–Crippen LogP) is 9.65. The average Bonchev–Trinajstić information content (AvgIpc) is 2.85. The van der Waals surface area contributed by atoms with Gasteiger partial charge in [0, 0.05) is 5.56 Å². The van der Waals surface area contributed by atoms with Crippen molar-refractivity contribution >= 4 is 0 Å². The molecule has 0 bridgehead atoms. The molecule has 0 radical (unpaired) electrons. The van der Waals surface area contributed by atoms with E-state index in [1.165, 1.54) is 56.1 Å². The predicted molar refractivity (Wildman–Crippen MR) is 140 cm³/mol. The van der Waals surface area contributed by atoms with E-state index in [1.54, 1.807) is 6.07 Å². The first-order valence-corrected chi connectivity index (χ1v) is 13.1. The molecule has 0 nitrogen and oxygen atoms in total. The number of hydrogen-bond donors (Lipinski definition) is 0. The summed E-state index contributed by atoms with van der Waals surface area (Å²) in [5.74, 6) is 1.65. The van der Waals surface area contributed by atoms with E-state index in [1.807, 2.05) is 12.1 Å². The number of halogens is 1. The molecule has 0 unspecified atom stereocenters. The minimum absolute atomic E-state index is 0.127. The molecule has 1 saturated carbocycles. The minimum Gasteiger partial charge on any atom is -0.206 e. The summed E-state index contributed by atoms with van der Waals surface area (Å²) in [4.78, 5) is 0. The highest BCUT2D eigenvalue weighted by Gasteiger charge is 2.21. The molecule has 0 spiro atoms. The monoisotopic (exact) mass is 442 g/mol. The molecule has 1 fully saturated rings. The van der Waals surface area contributed by atoms with E-state index in [0.717, 1.165) is 53.4 Å². The van der Waals surface area contributed by atoms with Crippen LogP contribution in [0.5, 0.6) is 0 Å². The smallest absolute Gasteiger partial charge is 0.131 e. The Balaban J connectivity index is 1.46. The number of aryl methyl sites for hydroxylation is 2. The van der Waals surface area contributed by atoms with Crippen LogP contribution in [0.3, 0.4) is 0 Å². The number of rotatable bonds is 9. The Hall–Kier alpha value is -2.41. The van der Waals surface area contributed by atoms with E-state index < -0.39 is 0 Å². The molecular weight excluding hydrogens is 403 g/mol. The molecule has 0 heterocycles. The van der Waals surface area contributed by atoms with Crippen LogP contribution >= 0.6 is 0 Å². The van der Waals surface area contributed by atoms with Gasteiger partial charge in [0.2, 0.25) is 0 Å². The van der Waals surface area contributed by atoms with Crippen LogP contribution in [0, 0.1) is 17.7 Å². The first kappa shape index (κ1) is 23.7. The van der Waals surface area contributed by atoms with E-state index in [2.05, 4.69) is 62.4 Å². The van der Waals surface area contributed by atoms with Gasteiger partial charge in [-0.25, -0.2) is 4.39 Å². The van der Waals surface area contributed by atoms with E-state index in [-0.39, 0.29) is 5.82 Å². The molecule has 0 atom stereocenters. The molecule has 0 N–H and O–H groups in total. The number of benzene rings is 3. The summed E-state index contributed by atoms with van der Waals surface area (Å²) in [6.07, 6.45) is 12.7. The van der Waals surface area contributed by atoms with Gasteiger partial charge in [0.25, 0.3) is 0 Å². The summed E-state index contributed by atoms with van der Waals surface area (Å²) in [5, 5.41) is 0. The summed E-state index contributed by atoms with van der Waals surface area (Å²) < 4.78 is 15.3. The molecule has 1 aliphatic rings. The molecule has 0 aromatic heterocycles. The molecule has 3 aromatic carbocycles. The highest BCUT2D eigenvalue weighted by Crippen LogP contribution is 2.36. The maximum absolute atomic E-state index is 15.3. The van der Waals surface area contributed by atoms with E-state index >= 15 is 4.39 Å². The zero-order chi connectivity index (χ0) is 23.0. The van der Waals surface area contributed by atoms with Gasteiger partial charge >= 0.3 is 0 Å². The minimum atomic E-state index is -0.127. The third-order valence-corrected chi connectivity index (χ3v) is 7.59. The lowest BCUT2D eigenvalue weighted by Gasteiger charge is -2.28. The first-order chi connectivity index (χ1) is 16.2. The Morgan fingerprint density at radius 3 is 2.00 bits per heavy atom. The van der Waals surface area contributed by atoms with Crippen LogP contribution in [0.4, 0.5) is 4.39 Å². The second kappa shape index (κ2) is 11.6. The van der Waals surface area contributed by atoms with Crippen molar-refractivity contribution in [2.45, 2.75) is 78.1 Å². The molecule has 0 aliphatic heterocycles. The van der Waals surface area contributed by atoms with Gasteiger partial charge in [0.1, 0.15) is 5.82 Å². The number of hydrogen-bond acceptors (Lipinski definition) is 0. The second-order valence-electron chi connectivity index (χ2n) is 10.0. The van der Waals surface area contributed by atoms with E-state index in [4.69, 9.17) is 0 Å². The van der Waals surface area contributed by atoms with Crippen LogP contribution in [0.1, 0.15) is 76.3 Å². The van der Waals surface area contributed by atoms with Crippen LogP contribution in [0.15, 0.2) is 66.7 Å². The largest absolute Gasteiger partial charge is 0.206 e. The fraction of sp³-hybridized carbons (Fsp3) is 0.438. The van der Waals surface area contributed by atoms with Crippen molar-refractivity contribution in [3.63, 3.8) is 0 Å². The standard InChI is InChI=1S/C32H39F/c1-3-7-24-11-13-26(14-12-24)17-20-28-9-5-6-10-30(28)31-22-21-29(23-32(31)33)27-18-15-25(8-4-2)16-19-27/h5-6,9-10,15-16,18-19,21-24,26H,3-4,7-8,11-14,17,20H2,1-2H3/t24-,26-. The Morgan fingerprint density at radius 1 is 0.667 bits per heavy atom. The third-order valence-electron chi connectivity index (χ3n) is 7.59. The first-order valence-electron chi connectivity index (χ1n) is 13.1. The van der Waals surface area contributed by atoms with Gasteiger partial charge in [0.05, 0.1) is 0 Å². The lowest BCUT2D eigenvalue weighted by atomic mass is 9.78. The fourth-order valence-corrected chi connectivity index (χ4v) is 5.64. The SMILES string of the molecule is CCCc1ccc(-c2ccc(-c3ccccc3CC[C@H]3CC[C@H](CCC)CC3)c(F)c2)cc1. The summed E-state index contributed by atoms with van der Waals surface area (Å²) >= 11 is 0. The molecule has 174 valence electrons. The molecule has 1 heteroatoms. The molecule has 0 saturated heterocycles. The van der Waals surface area contributed by atoms with E-state index in [9.17, 15) is 0 Å². The van der Waals surface area contributed by atoms with Gasteiger partial charge < -0.3 is 0 Å². The van der Waals surface area contributed by atoms with Crippen molar-refractivity contribution in [1.82, 2.24) is 0 Å². The van der Waals surface area contributed by atoms with Crippen molar-refractivity contribution in [3.05, 3.63) is 83.7 Å². The van der Waals surface area contributed by atoms with Crippen molar-refractivity contribution in [2.75, 3.05) is 0 Å². The highest BCUT2D eigenvalue weighted by atomic mass is 19.1.